The fourth-order valence-corrected chi connectivity index (χ4v) is 1.58. The van der Waals surface area contributed by atoms with Gasteiger partial charge < -0.3 is 26.0 Å². The van der Waals surface area contributed by atoms with Crippen LogP contribution < -0.4 is 11.5 Å². The maximum absolute atomic E-state index is 9.61. The summed E-state index contributed by atoms with van der Waals surface area (Å²) < 4.78 is 10.3. The zero-order valence-electron chi connectivity index (χ0n) is 8.01. The summed E-state index contributed by atoms with van der Waals surface area (Å²) in [6.07, 6.45) is -1.56. The standard InChI is InChI=1S/C8H18N2O3/c1-4-5(3-9)13-8(12-2)7(11)6(4)10/h4-8,11H,3,9-10H2,1-2H3/t4-,5?,6?,7?,8+/m0/s1. The Morgan fingerprint density at radius 3 is 2.62 bits per heavy atom. The van der Waals surface area contributed by atoms with Crippen molar-refractivity contribution in [1.82, 2.24) is 0 Å². The van der Waals surface area contributed by atoms with Crippen molar-refractivity contribution < 1.29 is 14.6 Å². The lowest BCUT2D eigenvalue weighted by Gasteiger charge is -2.41. The topological polar surface area (TPSA) is 90.7 Å². The van der Waals surface area contributed by atoms with Gasteiger partial charge in [-0.3, -0.25) is 0 Å². The lowest BCUT2D eigenvalue weighted by molar-refractivity contribution is -0.246. The molecule has 5 N–H and O–H groups in total. The average Bonchev–Trinajstić information content (AvgIpc) is 2.15. The van der Waals surface area contributed by atoms with Crippen LogP contribution in [-0.2, 0) is 9.47 Å². The van der Waals surface area contributed by atoms with Gasteiger partial charge in [-0.2, -0.15) is 0 Å². The molecule has 5 heteroatoms. The molecule has 0 bridgehead atoms. The van der Waals surface area contributed by atoms with E-state index in [9.17, 15) is 5.11 Å². The van der Waals surface area contributed by atoms with Crippen LogP contribution in [0.1, 0.15) is 6.92 Å². The molecule has 1 rings (SSSR count). The van der Waals surface area contributed by atoms with Crippen LogP contribution in [0, 0.1) is 5.92 Å². The van der Waals surface area contributed by atoms with Crippen LogP contribution in [0.5, 0.6) is 0 Å². The van der Waals surface area contributed by atoms with Crippen molar-refractivity contribution in [1.29, 1.82) is 0 Å². The van der Waals surface area contributed by atoms with Gasteiger partial charge in [-0.1, -0.05) is 6.92 Å². The Morgan fingerprint density at radius 2 is 2.15 bits per heavy atom. The number of ether oxygens (including phenoxy) is 2. The minimum Gasteiger partial charge on any atom is -0.386 e. The minimum atomic E-state index is -0.775. The van der Waals surface area contributed by atoms with E-state index in [1.165, 1.54) is 7.11 Å². The summed E-state index contributed by atoms with van der Waals surface area (Å²) in [7, 11) is 1.48. The van der Waals surface area contributed by atoms with E-state index in [0.717, 1.165) is 0 Å². The highest BCUT2D eigenvalue weighted by Crippen LogP contribution is 2.24. The van der Waals surface area contributed by atoms with Crippen molar-refractivity contribution in [2.75, 3.05) is 13.7 Å². The molecule has 0 spiro atoms. The van der Waals surface area contributed by atoms with Crippen molar-refractivity contribution in [3.8, 4) is 0 Å². The summed E-state index contributed by atoms with van der Waals surface area (Å²) in [5.41, 5.74) is 11.3. The van der Waals surface area contributed by atoms with Crippen molar-refractivity contribution >= 4 is 0 Å². The quantitative estimate of drug-likeness (QED) is 0.500. The molecule has 5 nitrogen and oxygen atoms in total. The second-order valence-corrected chi connectivity index (χ2v) is 3.44. The van der Waals surface area contributed by atoms with Crippen LogP contribution in [0.15, 0.2) is 0 Å². The van der Waals surface area contributed by atoms with Crippen LogP contribution in [0.25, 0.3) is 0 Å². The van der Waals surface area contributed by atoms with Crippen molar-refractivity contribution in [3.63, 3.8) is 0 Å². The summed E-state index contributed by atoms with van der Waals surface area (Å²) in [6.45, 7) is 2.30. The Labute approximate surface area is 78.0 Å². The number of aliphatic hydroxyl groups excluding tert-OH is 1. The molecule has 0 aliphatic carbocycles. The molecule has 78 valence electrons. The van der Waals surface area contributed by atoms with Gasteiger partial charge >= 0.3 is 0 Å². The molecule has 0 aromatic heterocycles. The summed E-state index contributed by atoms with van der Waals surface area (Å²) in [5, 5.41) is 9.61. The molecule has 3 unspecified atom stereocenters. The van der Waals surface area contributed by atoms with E-state index < -0.39 is 12.4 Å². The van der Waals surface area contributed by atoms with Crippen molar-refractivity contribution in [3.05, 3.63) is 0 Å². The Bertz CT molecular complexity index is 147. The maximum Gasteiger partial charge on any atom is 0.185 e. The Kier molecular flexibility index (Phi) is 3.63. The second kappa shape index (κ2) is 4.34. The number of nitrogens with two attached hydrogens (primary N) is 2. The lowest BCUT2D eigenvalue weighted by atomic mass is 9.89. The van der Waals surface area contributed by atoms with Gasteiger partial charge in [0.15, 0.2) is 6.29 Å². The summed E-state index contributed by atoms with van der Waals surface area (Å²) >= 11 is 0. The largest absolute Gasteiger partial charge is 0.386 e. The molecule has 1 saturated heterocycles. The molecule has 13 heavy (non-hydrogen) atoms. The number of hydrogen-bond donors (Lipinski definition) is 3. The molecule has 0 aromatic rings. The number of rotatable bonds is 2. The fourth-order valence-electron chi connectivity index (χ4n) is 1.58. The smallest absolute Gasteiger partial charge is 0.185 e. The first-order valence-corrected chi connectivity index (χ1v) is 4.43. The molecular weight excluding hydrogens is 172 g/mol. The third-order valence-electron chi connectivity index (χ3n) is 2.64. The summed E-state index contributed by atoms with van der Waals surface area (Å²) in [4.78, 5) is 0. The van der Waals surface area contributed by atoms with Crippen LogP contribution in [0.3, 0.4) is 0 Å². The van der Waals surface area contributed by atoms with Gasteiger partial charge in [-0.05, 0) is 0 Å². The van der Waals surface area contributed by atoms with E-state index in [0.29, 0.717) is 6.54 Å². The van der Waals surface area contributed by atoms with E-state index in [4.69, 9.17) is 20.9 Å². The Balaban J connectivity index is 2.66. The number of methoxy groups -OCH3 is 1. The third-order valence-corrected chi connectivity index (χ3v) is 2.64. The van der Waals surface area contributed by atoms with Gasteiger partial charge in [0.1, 0.15) is 6.10 Å². The van der Waals surface area contributed by atoms with Gasteiger partial charge in [0.25, 0.3) is 0 Å². The highest BCUT2D eigenvalue weighted by Gasteiger charge is 2.40. The first-order chi connectivity index (χ1) is 6.11. The number of hydrogen-bond acceptors (Lipinski definition) is 5. The van der Waals surface area contributed by atoms with E-state index in [-0.39, 0.29) is 18.1 Å². The van der Waals surface area contributed by atoms with Gasteiger partial charge in [0.2, 0.25) is 0 Å². The molecule has 1 fully saturated rings. The van der Waals surface area contributed by atoms with Gasteiger partial charge in [-0.15, -0.1) is 0 Å². The zero-order chi connectivity index (χ0) is 10.0. The van der Waals surface area contributed by atoms with Crippen LogP contribution in [-0.4, -0.2) is 43.3 Å². The van der Waals surface area contributed by atoms with E-state index >= 15 is 0 Å². The molecular formula is C8H18N2O3. The maximum atomic E-state index is 9.61. The monoisotopic (exact) mass is 190 g/mol. The molecule has 1 aliphatic rings. The lowest BCUT2D eigenvalue weighted by Crippen LogP contribution is -2.59. The van der Waals surface area contributed by atoms with E-state index in [1.807, 2.05) is 6.92 Å². The molecule has 0 radical (unpaired) electrons. The molecule has 5 atom stereocenters. The van der Waals surface area contributed by atoms with Crippen molar-refractivity contribution in [2.45, 2.75) is 31.5 Å². The van der Waals surface area contributed by atoms with E-state index in [1.54, 1.807) is 0 Å². The first-order valence-electron chi connectivity index (χ1n) is 4.43. The van der Waals surface area contributed by atoms with Crippen molar-refractivity contribution in [2.24, 2.45) is 17.4 Å². The Hall–Kier alpha value is -0.200. The van der Waals surface area contributed by atoms with Crippen LogP contribution in [0.2, 0.25) is 0 Å². The predicted molar refractivity (Wildman–Crippen MR) is 47.9 cm³/mol. The van der Waals surface area contributed by atoms with Crippen LogP contribution in [0.4, 0.5) is 0 Å². The Morgan fingerprint density at radius 1 is 1.54 bits per heavy atom. The predicted octanol–water partition coefficient (Wildman–Crippen LogP) is -1.36. The van der Waals surface area contributed by atoms with E-state index in [2.05, 4.69) is 0 Å². The second-order valence-electron chi connectivity index (χ2n) is 3.44. The highest BCUT2D eigenvalue weighted by atomic mass is 16.7. The highest BCUT2D eigenvalue weighted by molar-refractivity contribution is 4.89. The van der Waals surface area contributed by atoms with Gasteiger partial charge in [0.05, 0.1) is 6.10 Å². The third kappa shape index (κ3) is 2.00. The molecule has 0 saturated carbocycles. The normalized spacial score (nSPS) is 46.4. The molecule has 1 heterocycles. The van der Waals surface area contributed by atoms with Crippen LogP contribution >= 0.6 is 0 Å². The summed E-state index contributed by atoms with van der Waals surface area (Å²) in [6, 6.07) is -0.341. The summed E-state index contributed by atoms with van der Waals surface area (Å²) in [5.74, 6) is 0.0476. The first kappa shape index (κ1) is 10.9. The zero-order valence-corrected chi connectivity index (χ0v) is 8.01. The molecule has 1 aliphatic heterocycles. The SMILES string of the molecule is CO[C@@H]1OC(CN)[C@H](C)C(N)C1O. The average molecular weight is 190 g/mol. The van der Waals surface area contributed by atoms with Gasteiger partial charge in [-0.25, -0.2) is 0 Å². The minimum absolute atomic E-state index is 0.0476. The number of aliphatic hydroxyl groups is 1. The molecule has 0 aromatic carbocycles. The molecule has 0 amide bonds. The fraction of sp³-hybridized carbons (Fsp3) is 1.00. The van der Waals surface area contributed by atoms with Gasteiger partial charge in [0, 0.05) is 25.6 Å².